The van der Waals surface area contributed by atoms with Crippen LogP contribution >= 0.6 is 0 Å². The van der Waals surface area contributed by atoms with Crippen LogP contribution in [0.3, 0.4) is 0 Å². The molecular formula is C15H20N2. The molecular weight excluding hydrogens is 208 g/mol. The van der Waals surface area contributed by atoms with Crippen LogP contribution in [-0.4, -0.2) is 10.6 Å². The molecule has 0 bridgehead atoms. The summed E-state index contributed by atoms with van der Waals surface area (Å²) in [7, 11) is 0. The molecule has 3 rings (SSSR count). The highest BCUT2D eigenvalue weighted by atomic mass is 15.0. The van der Waals surface area contributed by atoms with E-state index in [9.17, 15) is 0 Å². The fourth-order valence-electron chi connectivity index (χ4n) is 2.45. The molecule has 1 saturated carbocycles. The van der Waals surface area contributed by atoms with Gasteiger partial charge < -0.3 is 9.88 Å². The van der Waals surface area contributed by atoms with E-state index in [0.29, 0.717) is 0 Å². The molecule has 1 N–H and O–H groups in total. The molecule has 1 aliphatic carbocycles. The zero-order valence-electron chi connectivity index (χ0n) is 10.4. The number of rotatable bonds is 5. The number of hydrogen-bond acceptors (Lipinski definition) is 1. The SMILES string of the molecule is CCCn1ccc2cccc(CNC3CC3)c21. The first-order chi connectivity index (χ1) is 8.38. The van der Waals surface area contributed by atoms with E-state index in [2.05, 4.69) is 47.3 Å². The highest BCUT2D eigenvalue weighted by Gasteiger charge is 2.20. The van der Waals surface area contributed by atoms with Crippen LogP contribution in [0.1, 0.15) is 31.7 Å². The van der Waals surface area contributed by atoms with Crippen molar-refractivity contribution in [3.8, 4) is 0 Å². The van der Waals surface area contributed by atoms with E-state index in [-0.39, 0.29) is 0 Å². The van der Waals surface area contributed by atoms with Crippen molar-refractivity contribution in [3.05, 3.63) is 36.0 Å². The van der Waals surface area contributed by atoms with Gasteiger partial charge in [-0.3, -0.25) is 0 Å². The minimum Gasteiger partial charge on any atom is -0.347 e. The van der Waals surface area contributed by atoms with Gasteiger partial charge in [-0.05, 0) is 36.3 Å². The Balaban J connectivity index is 1.93. The number of nitrogens with zero attached hydrogens (tertiary/aromatic N) is 1. The Morgan fingerprint density at radius 1 is 1.29 bits per heavy atom. The lowest BCUT2D eigenvalue weighted by Crippen LogP contribution is -2.16. The maximum atomic E-state index is 3.61. The fraction of sp³-hybridized carbons (Fsp3) is 0.467. The molecule has 2 heteroatoms. The van der Waals surface area contributed by atoms with E-state index in [1.807, 2.05) is 0 Å². The second kappa shape index (κ2) is 4.53. The quantitative estimate of drug-likeness (QED) is 0.831. The summed E-state index contributed by atoms with van der Waals surface area (Å²) in [6, 6.07) is 9.64. The largest absolute Gasteiger partial charge is 0.347 e. The summed E-state index contributed by atoms with van der Waals surface area (Å²) in [5.74, 6) is 0. The number of nitrogens with one attached hydrogen (secondary N) is 1. The van der Waals surface area contributed by atoms with Crippen molar-refractivity contribution in [2.45, 2.75) is 45.3 Å². The Morgan fingerprint density at radius 2 is 2.18 bits per heavy atom. The van der Waals surface area contributed by atoms with Crippen molar-refractivity contribution in [2.75, 3.05) is 0 Å². The summed E-state index contributed by atoms with van der Waals surface area (Å²) >= 11 is 0. The Bertz CT molecular complexity index is 509. The smallest absolute Gasteiger partial charge is 0.0525 e. The number of fused-ring (bicyclic) bond motifs is 1. The molecule has 0 spiro atoms. The summed E-state index contributed by atoms with van der Waals surface area (Å²) in [6.45, 7) is 4.36. The first-order valence-electron chi connectivity index (χ1n) is 6.68. The van der Waals surface area contributed by atoms with Crippen LogP contribution in [0.2, 0.25) is 0 Å². The van der Waals surface area contributed by atoms with Crippen molar-refractivity contribution >= 4 is 10.9 Å². The summed E-state index contributed by atoms with van der Waals surface area (Å²) in [4.78, 5) is 0. The first kappa shape index (κ1) is 10.8. The Morgan fingerprint density at radius 3 is 2.94 bits per heavy atom. The van der Waals surface area contributed by atoms with Crippen molar-refractivity contribution in [1.29, 1.82) is 0 Å². The van der Waals surface area contributed by atoms with Gasteiger partial charge in [-0.1, -0.05) is 25.1 Å². The number of hydrogen-bond donors (Lipinski definition) is 1. The lowest BCUT2D eigenvalue weighted by molar-refractivity contribution is 0.675. The second-order valence-electron chi connectivity index (χ2n) is 5.02. The monoisotopic (exact) mass is 228 g/mol. The highest BCUT2D eigenvalue weighted by molar-refractivity contribution is 5.83. The van der Waals surface area contributed by atoms with Crippen molar-refractivity contribution < 1.29 is 0 Å². The first-order valence-corrected chi connectivity index (χ1v) is 6.68. The van der Waals surface area contributed by atoms with E-state index in [4.69, 9.17) is 0 Å². The molecule has 1 fully saturated rings. The predicted octanol–water partition coefficient (Wildman–Crippen LogP) is 3.30. The molecule has 0 radical (unpaired) electrons. The normalized spacial score (nSPS) is 15.6. The Hall–Kier alpha value is -1.28. The Labute approximate surface area is 103 Å². The minimum atomic E-state index is 0.778. The maximum Gasteiger partial charge on any atom is 0.0525 e. The van der Waals surface area contributed by atoms with Gasteiger partial charge in [0.15, 0.2) is 0 Å². The van der Waals surface area contributed by atoms with E-state index in [1.165, 1.54) is 35.7 Å². The molecule has 1 aliphatic rings. The lowest BCUT2D eigenvalue weighted by atomic mass is 10.1. The molecule has 1 heterocycles. The van der Waals surface area contributed by atoms with Crippen LogP contribution in [0.15, 0.2) is 30.5 Å². The van der Waals surface area contributed by atoms with Gasteiger partial charge in [-0.25, -0.2) is 0 Å². The van der Waals surface area contributed by atoms with E-state index in [0.717, 1.165) is 19.1 Å². The third kappa shape index (κ3) is 2.22. The third-order valence-corrected chi connectivity index (χ3v) is 3.50. The number of para-hydroxylation sites is 1. The molecule has 17 heavy (non-hydrogen) atoms. The molecule has 2 aromatic rings. The average Bonchev–Trinajstić information content (AvgIpc) is 3.09. The summed E-state index contributed by atoms with van der Waals surface area (Å²) < 4.78 is 2.39. The molecule has 0 unspecified atom stereocenters. The molecule has 1 aromatic heterocycles. The number of benzene rings is 1. The van der Waals surface area contributed by atoms with Crippen LogP contribution in [0.5, 0.6) is 0 Å². The topological polar surface area (TPSA) is 17.0 Å². The van der Waals surface area contributed by atoms with Crippen LogP contribution in [0, 0.1) is 0 Å². The molecule has 1 aromatic carbocycles. The van der Waals surface area contributed by atoms with Gasteiger partial charge in [0.25, 0.3) is 0 Å². The predicted molar refractivity (Wildman–Crippen MR) is 72.1 cm³/mol. The summed E-state index contributed by atoms with van der Waals surface area (Å²) in [6.07, 6.45) is 6.11. The van der Waals surface area contributed by atoms with Crippen LogP contribution in [0.25, 0.3) is 10.9 Å². The number of aromatic nitrogens is 1. The standard InChI is InChI=1S/C15H20N2/c1-2-9-17-10-8-12-4-3-5-13(15(12)17)11-16-14-6-7-14/h3-5,8,10,14,16H,2,6-7,9,11H2,1H3. The third-order valence-electron chi connectivity index (χ3n) is 3.50. The van der Waals surface area contributed by atoms with Gasteiger partial charge in [0.2, 0.25) is 0 Å². The molecule has 90 valence electrons. The zero-order valence-corrected chi connectivity index (χ0v) is 10.4. The minimum absolute atomic E-state index is 0.778. The molecule has 0 amide bonds. The fourth-order valence-corrected chi connectivity index (χ4v) is 2.45. The van der Waals surface area contributed by atoms with Gasteiger partial charge in [-0.15, -0.1) is 0 Å². The zero-order chi connectivity index (χ0) is 11.7. The van der Waals surface area contributed by atoms with Crippen LogP contribution in [0.4, 0.5) is 0 Å². The summed E-state index contributed by atoms with van der Waals surface area (Å²) in [5.41, 5.74) is 2.86. The van der Waals surface area contributed by atoms with Gasteiger partial charge in [0, 0.05) is 25.3 Å². The molecule has 0 aliphatic heterocycles. The van der Waals surface area contributed by atoms with Gasteiger partial charge in [0.05, 0.1) is 5.52 Å². The second-order valence-corrected chi connectivity index (χ2v) is 5.02. The van der Waals surface area contributed by atoms with Crippen molar-refractivity contribution in [3.63, 3.8) is 0 Å². The molecule has 0 atom stereocenters. The Kier molecular flexibility index (Phi) is 2.89. The maximum absolute atomic E-state index is 3.61. The lowest BCUT2D eigenvalue weighted by Gasteiger charge is -2.09. The number of aryl methyl sites for hydroxylation is 1. The van der Waals surface area contributed by atoms with Gasteiger partial charge in [0.1, 0.15) is 0 Å². The van der Waals surface area contributed by atoms with Gasteiger partial charge in [-0.2, -0.15) is 0 Å². The highest BCUT2D eigenvalue weighted by Crippen LogP contribution is 2.23. The van der Waals surface area contributed by atoms with E-state index in [1.54, 1.807) is 0 Å². The van der Waals surface area contributed by atoms with Gasteiger partial charge >= 0.3 is 0 Å². The van der Waals surface area contributed by atoms with E-state index >= 15 is 0 Å². The van der Waals surface area contributed by atoms with Crippen LogP contribution in [-0.2, 0) is 13.1 Å². The van der Waals surface area contributed by atoms with Crippen molar-refractivity contribution in [2.24, 2.45) is 0 Å². The molecule has 0 saturated heterocycles. The van der Waals surface area contributed by atoms with Crippen molar-refractivity contribution in [1.82, 2.24) is 9.88 Å². The average molecular weight is 228 g/mol. The molecule has 2 nitrogen and oxygen atoms in total. The van der Waals surface area contributed by atoms with Crippen LogP contribution < -0.4 is 5.32 Å². The van der Waals surface area contributed by atoms with E-state index < -0.39 is 0 Å². The summed E-state index contributed by atoms with van der Waals surface area (Å²) in [5, 5.41) is 4.98.